The molecular formula is C13H21NO3S2. The van der Waals surface area contributed by atoms with E-state index in [0.717, 1.165) is 31.2 Å². The van der Waals surface area contributed by atoms with Gasteiger partial charge in [0, 0.05) is 13.1 Å². The van der Waals surface area contributed by atoms with Crippen LogP contribution in [0.15, 0.2) is 10.3 Å². The summed E-state index contributed by atoms with van der Waals surface area (Å²) in [4.78, 5) is 0.855. The molecule has 0 aromatic carbocycles. The summed E-state index contributed by atoms with van der Waals surface area (Å²) in [6.45, 7) is 1.57. The van der Waals surface area contributed by atoms with Gasteiger partial charge in [0.2, 0.25) is 10.0 Å². The van der Waals surface area contributed by atoms with Crippen molar-refractivity contribution >= 4 is 21.4 Å². The Morgan fingerprint density at radius 2 is 2.00 bits per heavy atom. The molecule has 0 atom stereocenters. The van der Waals surface area contributed by atoms with Crippen molar-refractivity contribution < 1.29 is 13.5 Å². The van der Waals surface area contributed by atoms with Gasteiger partial charge in [-0.05, 0) is 30.7 Å². The van der Waals surface area contributed by atoms with Crippen molar-refractivity contribution in [2.24, 2.45) is 0 Å². The Labute approximate surface area is 119 Å². The van der Waals surface area contributed by atoms with Crippen LogP contribution in [0.25, 0.3) is 0 Å². The molecule has 0 spiro atoms. The van der Waals surface area contributed by atoms with Crippen LogP contribution in [-0.4, -0.2) is 30.9 Å². The molecule has 1 aliphatic rings. The van der Waals surface area contributed by atoms with Crippen LogP contribution in [0.2, 0.25) is 0 Å². The van der Waals surface area contributed by atoms with Crippen molar-refractivity contribution in [3.8, 4) is 0 Å². The standard InChI is InChI=1S/C13H21NO3S2/c1-10-9-18-12(8-15)13(10)19(16,17)14(2)11-6-4-3-5-7-11/h9,11,15H,3-8H2,1-2H3. The van der Waals surface area contributed by atoms with E-state index in [1.807, 2.05) is 0 Å². The first kappa shape index (κ1) is 15.0. The SMILES string of the molecule is Cc1csc(CO)c1S(=O)(=O)N(C)C1CCCCC1. The lowest BCUT2D eigenvalue weighted by Crippen LogP contribution is -2.38. The number of nitrogens with zero attached hydrogens (tertiary/aromatic N) is 1. The van der Waals surface area contributed by atoms with Gasteiger partial charge in [0.1, 0.15) is 4.90 Å². The van der Waals surface area contributed by atoms with Crippen molar-refractivity contribution in [2.45, 2.75) is 56.6 Å². The normalized spacial score (nSPS) is 18.1. The molecule has 1 aromatic heterocycles. The van der Waals surface area contributed by atoms with Crippen LogP contribution >= 0.6 is 11.3 Å². The molecular weight excluding hydrogens is 282 g/mol. The minimum Gasteiger partial charge on any atom is -0.391 e. The maximum Gasteiger partial charge on any atom is 0.244 e. The number of aryl methyl sites for hydroxylation is 1. The third-order valence-electron chi connectivity index (χ3n) is 3.86. The molecule has 1 aromatic rings. The van der Waals surface area contributed by atoms with Crippen LogP contribution < -0.4 is 0 Å². The molecule has 0 saturated heterocycles. The van der Waals surface area contributed by atoms with E-state index in [4.69, 9.17) is 0 Å². The molecule has 4 nitrogen and oxygen atoms in total. The van der Waals surface area contributed by atoms with Gasteiger partial charge in [0.25, 0.3) is 0 Å². The average molecular weight is 303 g/mol. The summed E-state index contributed by atoms with van der Waals surface area (Å²) >= 11 is 1.31. The molecule has 2 rings (SSSR count). The largest absolute Gasteiger partial charge is 0.391 e. The number of thiophene rings is 1. The Hall–Kier alpha value is -0.430. The van der Waals surface area contributed by atoms with E-state index in [1.54, 1.807) is 19.4 Å². The Bertz CT molecular complexity index is 530. The van der Waals surface area contributed by atoms with Gasteiger partial charge in [-0.2, -0.15) is 4.31 Å². The summed E-state index contributed by atoms with van der Waals surface area (Å²) in [6.07, 6.45) is 5.27. The lowest BCUT2D eigenvalue weighted by atomic mass is 9.96. The minimum absolute atomic E-state index is 0.101. The van der Waals surface area contributed by atoms with E-state index in [9.17, 15) is 13.5 Å². The number of hydrogen-bond donors (Lipinski definition) is 1. The highest BCUT2D eigenvalue weighted by molar-refractivity contribution is 7.89. The second-order valence-electron chi connectivity index (χ2n) is 5.14. The fraction of sp³-hybridized carbons (Fsp3) is 0.692. The van der Waals surface area contributed by atoms with Gasteiger partial charge in [-0.25, -0.2) is 8.42 Å². The molecule has 0 unspecified atom stereocenters. The molecule has 1 aliphatic carbocycles. The molecule has 0 aliphatic heterocycles. The van der Waals surface area contributed by atoms with Gasteiger partial charge in [-0.1, -0.05) is 19.3 Å². The topological polar surface area (TPSA) is 57.6 Å². The first-order valence-electron chi connectivity index (χ1n) is 6.64. The van der Waals surface area contributed by atoms with E-state index in [0.29, 0.717) is 9.77 Å². The van der Waals surface area contributed by atoms with Crippen molar-refractivity contribution in [3.63, 3.8) is 0 Å². The molecule has 1 N–H and O–H groups in total. The number of sulfonamides is 1. The smallest absolute Gasteiger partial charge is 0.244 e. The van der Waals surface area contributed by atoms with E-state index in [-0.39, 0.29) is 12.6 Å². The quantitative estimate of drug-likeness (QED) is 0.930. The van der Waals surface area contributed by atoms with Crippen molar-refractivity contribution in [2.75, 3.05) is 7.05 Å². The molecule has 1 saturated carbocycles. The van der Waals surface area contributed by atoms with E-state index in [2.05, 4.69) is 0 Å². The van der Waals surface area contributed by atoms with Gasteiger partial charge in [0.15, 0.2) is 0 Å². The van der Waals surface area contributed by atoms with Crippen molar-refractivity contribution in [1.29, 1.82) is 0 Å². The number of rotatable bonds is 4. The second-order valence-corrected chi connectivity index (χ2v) is 8.04. The highest BCUT2D eigenvalue weighted by Crippen LogP contribution is 2.32. The third kappa shape index (κ3) is 2.86. The molecule has 0 bridgehead atoms. The lowest BCUT2D eigenvalue weighted by molar-refractivity contribution is 0.276. The van der Waals surface area contributed by atoms with Gasteiger partial charge in [-0.3, -0.25) is 0 Å². The van der Waals surface area contributed by atoms with Gasteiger partial charge in [0.05, 0.1) is 11.5 Å². The fourth-order valence-corrected chi connectivity index (χ4v) is 5.75. The van der Waals surface area contributed by atoms with Crippen LogP contribution in [0.5, 0.6) is 0 Å². The zero-order valence-electron chi connectivity index (χ0n) is 11.4. The van der Waals surface area contributed by atoms with Gasteiger partial charge in [-0.15, -0.1) is 11.3 Å². The Kier molecular flexibility index (Phi) is 4.66. The van der Waals surface area contributed by atoms with Gasteiger partial charge < -0.3 is 5.11 Å². The molecule has 0 amide bonds. The summed E-state index contributed by atoms with van der Waals surface area (Å²) in [7, 11) is -1.81. The first-order chi connectivity index (χ1) is 8.98. The first-order valence-corrected chi connectivity index (χ1v) is 8.96. The van der Waals surface area contributed by atoms with Crippen LogP contribution in [0, 0.1) is 6.92 Å². The summed E-state index contributed by atoms with van der Waals surface area (Å²) in [5.41, 5.74) is 0.733. The van der Waals surface area contributed by atoms with Crippen molar-refractivity contribution in [1.82, 2.24) is 4.31 Å². The Morgan fingerprint density at radius 3 is 2.58 bits per heavy atom. The van der Waals surface area contributed by atoms with Crippen LogP contribution in [0.4, 0.5) is 0 Å². The predicted molar refractivity (Wildman–Crippen MR) is 76.8 cm³/mol. The number of aliphatic hydroxyl groups excluding tert-OH is 1. The summed E-state index contributed by atoms with van der Waals surface area (Å²) < 4.78 is 26.9. The third-order valence-corrected chi connectivity index (χ3v) is 7.22. The Morgan fingerprint density at radius 1 is 1.37 bits per heavy atom. The highest BCUT2D eigenvalue weighted by Gasteiger charge is 2.32. The van der Waals surface area contributed by atoms with E-state index >= 15 is 0 Å². The second kappa shape index (κ2) is 5.91. The van der Waals surface area contributed by atoms with Gasteiger partial charge >= 0.3 is 0 Å². The zero-order valence-corrected chi connectivity index (χ0v) is 13.1. The maximum absolute atomic E-state index is 12.7. The summed E-state index contributed by atoms with van der Waals surface area (Å²) in [5.74, 6) is 0. The highest BCUT2D eigenvalue weighted by atomic mass is 32.2. The van der Waals surface area contributed by atoms with Crippen LogP contribution in [0.1, 0.15) is 42.5 Å². The molecule has 1 heterocycles. The zero-order chi connectivity index (χ0) is 14.0. The maximum atomic E-state index is 12.7. The average Bonchev–Trinajstić information content (AvgIpc) is 2.80. The van der Waals surface area contributed by atoms with Crippen LogP contribution in [-0.2, 0) is 16.6 Å². The molecule has 1 fully saturated rings. The molecule has 19 heavy (non-hydrogen) atoms. The van der Waals surface area contributed by atoms with E-state index < -0.39 is 10.0 Å². The van der Waals surface area contributed by atoms with Crippen molar-refractivity contribution in [3.05, 3.63) is 15.8 Å². The fourth-order valence-electron chi connectivity index (χ4n) is 2.73. The lowest BCUT2D eigenvalue weighted by Gasteiger charge is -2.30. The number of aliphatic hydroxyl groups is 1. The predicted octanol–water partition coefficient (Wildman–Crippen LogP) is 2.50. The van der Waals surface area contributed by atoms with Crippen LogP contribution in [0.3, 0.4) is 0 Å². The number of hydrogen-bond acceptors (Lipinski definition) is 4. The summed E-state index contributed by atoms with van der Waals surface area (Å²) in [6, 6.07) is 0.101. The molecule has 0 radical (unpaired) electrons. The summed E-state index contributed by atoms with van der Waals surface area (Å²) in [5, 5.41) is 11.1. The Balaban J connectivity index is 2.33. The molecule has 108 valence electrons. The monoisotopic (exact) mass is 303 g/mol. The molecule has 6 heteroatoms. The minimum atomic E-state index is -3.48. The van der Waals surface area contributed by atoms with E-state index in [1.165, 1.54) is 22.1 Å².